The first-order valence-corrected chi connectivity index (χ1v) is 16.8. The van der Waals surface area contributed by atoms with Gasteiger partial charge in [0.2, 0.25) is 5.95 Å². The van der Waals surface area contributed by atoms with Gasteiger partial charge in [0.05, 0.1) is 30.8 Å². The lowest BCUT2D eigenvalue weighted by molar-refractivity contribution is 0.217. The van der Waals surface area contributed by atoms with Crippen molar-refractivity contribution in [2.24, 2.45) is 0 Å². The molecule has 0 spiro atoms. The number of benzene rings is 2. The number of nitrogens with one attached hydrogen (secondary N) is 1. The van der Waals surface area contributed by atoms with E-state index >= 15 is 0 Å². The Hall–Kier alpha value is -4.59. The monoisotopic (exact) mass is 642 g/mol. The van der Waals surface area contributed by atoms with Crippen LogP contribution in [0.25, 0.3) is 11.0 Å². The molecular formula is C33H38N8O4S. The summed E-state index contributed by atoms with van der Waals surface area (Å²) in [7, 11) is 1.59. The lowest BCUT2D eigenvalue weighted by Gasteiger charge is -2.29. The van der Waals surface area contributed by atoms with Gasteiger partial charge in [0.15, 0.2) is 0 Å². The number of aromatic nitrogens is 5. The van der Waals surface area contributed by atoms with Gasteiger partial charge in [-0.25, -0.2) is 13.4 Å². The van der Waals surface area contributed by atoms with Crippen LogP contribution in [-0.4, -0.2) is 83.7 Å². The third kappa shape index (κ3) is 6.66. The third-order valence-electron chi connectivity index (χ3n) is 8.48. The molecule has 12 nitrogen and oxygen atoms in total. The zero-order valence-electron chi connectivity index (χ0n) is 26.2. The molecule has 1 saturated heterocycles. The van der Waals surface area contributed by atoms with Crippen LogP contribution in [-0.2, 0) is 21.3 Å². The van der Waals surface area contributed by atoms with Crippen LogP contribution in [0.3, 0.4) is 0 Å². The second kappa shape index (κ2) is 13.4. The van der Waals surface area contributed by atoms with Crippen molar-refractivity contribution in [3.8, 4) is 0 Å². The SMILES string of the molecule is COCCS(=O)(=O)n1nccc1Cn1c(=O)c(N(C)c2ccccc2)cc2cnc(Nc3ccc(C4CCN(C)CC4)cc3)nc21. The van der Waals surface area contributed by atoms with E-state index < -0.39 is 10.0 Å². The van der Waals surface area contributed by atoms with E-state index in [-0.39, 0.29) is 24.5 Å². The highest BCUT2D eigenvalue weighted by Gasteiger charge is 2.22. The highest BCUT2D eigenvalue weighted by molar-refractivity contribution is 7.89. The standard InChI is InChI=1S/C33H38N8O4S/c1-38-17-14-25(15-18-38)24-9-11-27(12-10-24)36-33-34-22-26-21-30(39(2)28-7-5-4-6-8-28)32(42)40(31(26)37-33)23-29-13-16-35-41(29)46(43,44)20-19-45-3/h4-13,16,21-22,25H,14-15,17-20,23H2,1-3H3,(H,34,36,37). The number of hydrogen-bond donors (Lipinski definition) is 1. The Labute approximate surface area is 268 Å². The van der Waals surface area contributed by atoms with E-state index in [0.717, 1.165) is 41.4 Å². The van der Waals surface area contributed by atoms with E-state index in [1.54, 1.807) is 23.2 Å². The van der Waals surface area contributed by atoms with Crippen LogP contribution in [0.15, 0.2) is 83.9 Å². The van der Waals surface area contributed by atoms with Crippen LogP contribution >= 0.6 is 0 Å². The minimum absolute atomic E-state index is 0.0170. The van der Waals surface area contributed by atoms with Gasteiger partial charge in [-0.2, -0.15) is 14.2 Å². The predicted molar refractivity (Wildman–Crippen MR) is 180 cm³/mol. The summed E-state index contributed by atoms with van der Waals surface area (Å²) in [4.78, 5) is 27.7. The highest BCUT2D eigenvalue weighted by Crippen LogP contribution is 2.29. The van der Waals surface area contributed by atoms with Crippen molar-refractivity contribution in [2.75, 3.05) is 56.9 Å². The quantitative estimate of drug-likeness (QED) is 0.224. The summed E-state index contributed by atoms with van der Waals surface area (Å²) in [6.45, 7) is 2.13. The Balaban J connectivity index is 1.37. The molecule has 13 heteroatoms. The average molecular weight is 643 g/mol. The van der Waals surface area contributed by atoms with Gasteiger partial charge >= 0.3 is 0 Å². The van der Waals surface area contributed by atoms with Crippen LogP contribution in [0.5, 0.6) is 0 Å². The van der Waals surface area contributed by atoms with E-state index in [9.17, 15) is 13.2 Å². The molecule has 46 heavy (non-hydrogen) atoms. The third-order valence-corrected chi connectivity index (χ3v) is 10.0. The minimum Gasteiger partial charge on any atom is -0.384 e. The van der Waals surface area contributed by atoms with E-state index in [1.807, 2.05) is 49.5 Å². The molecule has 0 unspecified atom stereocenters. The topological polar surface area (TPSA) is 127 Å². The van der Waals surface area contributed by atoms with Gasteiger partial charge in [-0.1, -0.05) is 30.3 Å². The number of ether oxygens (including phenoxy) is 1. The molecule has 0 amide bonds. The summed E-state index contributed by atoms with van der Waals surface area (Å²) in [5, 5.41) is 7.97. The number of fused-ring (bicyclic) bond motifs is 1. The first-order valence-electron chi connectivity index (χ1n) is 15.2. The summed E-state index contributed by atoms with van der Waals surface area (Å²) in [5.41, 5.74) is 3.69. The molecule has 0 bridgehead atoms. The minimum atomic E-state index is -3.82. The van der Waals surface area contributed by atoms with Gasteiger partial charge in [0.25, 0.3) is 15.6 Å². The van der Waals surface area contributed by atoms with Gasteiger partial charge in [-0.05, 0) is 80.9 Å². The van der Waals surface area contributed by atoms with Crippen molar-refractivity contribution >= 4 is 44.1 Å². The second-order valence-corrected chi connectivity index (χ2v) is 13.5. The Bertz CT molecular complexity index is 1970. The number of anilines is 4. The first kappa shape index (κ1) is 31.4. The van der Waals surface area contributed by atoms with Crippen molar-refractivity contribution in [1.29, 1.82) is 0 Å². The summed E-state index contributed by atoms with van der Waals surface area (Å²) in [5.74, 6) is 0.613. The molecule has 1 N–H and O–H groups in total. The van der Waals surface area contributed by atoms with Crippen molar-refractivity contribution < 1.29 is 13.2 Å². The Kier molecular flexibility index (Phi) is 9.15. The van der Waals surface area contributed by atoms with Crippen molar-refractivity contribution in [3.05, 3.63) is 101 Å². The fourth-order valence-corrected chi connectivity index (χ4v) is 7.03. The zero-order chi connectivity index (χ0) is 32.3. The molecule has 1 aliphatic heterocycles. The lowest BCUT2D eigenvalue weighted by Crippen LogP contribution is -2.30. The molecule has 3 aromatic heterocycles. The number of para-hydroxylation sites is 1. The van der Waals surface area contributed by atoms with Gasteiger partial charge in [-0.15, -0.1) is 0 Å². The lowest BCUT2D eigenvalue weighted by atomic mass is 9.89. The normalized spacial score (nSPS) is 14.5. The molecule has 6 rings (SSSR count). The van der Waals surface area contributed by atoms with Gasteiger partial charge in [-0.3, -0.25) is 9.36 Å². The average Bonchev–Trinajstić information content (AvgIpc) is 3.55. The molecule has 0 aliphatic carbocycles. The van der Waals surface area contributed by atoms with E-state index in [1.165, 1.54) is 23.4 Å². The largest absolute Gasteiger partial charge is 0.384 e. The van der Waals surface area contributed by atoms with E-state index in [2.05, 4.69) is 39.5 Å². The van der Waals surface area contributed by atoms with Gasteiger partial charge in [0.1, 0.15) is 11.3 Å². The number of rotatable bonds is 11. The molecule has 240 valence electrons. The summed E-state index contributed by atoms with van der Waals surface area (Å²) >= 11 is 0. The number of piperidine rings is 1. The Morgan fingerprint density at radius 3 is 2.50 bits per heavy atom. The maximum absolute atomic E-state index is 14.2. The summed E-state index contributed by atoms with van der Waals surface area (Å²) in [6, 6.07) is 21.2. The van der Waals surface area contributed by atoms with Crippen LogP contribution < -0.4 is 15.8 Å². The highest BCUT2D eigenvalue weighted by atomic mass is 32.2. The fourth-order valence-electron chi connectivity index (χ4n) is 5.81. The summed E-state index contributed by atoms with van der Waals surface area (Å²) in [6.07, 6.45) is 5.36. The molecule has 4 heterocycles. The van der Waals surface area contributed by atoms with Crippen molar-refractivity contribution in [2.45, 2.75) is 25.3 Å². The molecule has 1 fully saturated rings. The fraction of sp³-hybridized carbons (Fsp3) is 0.333. The molecule has 5 aromatic rings. The Morgan fingerprint density at radius 2 is 1.78 bits per heavy atom. The first-order chi connectivity index (χ1) is 22.2. The van der Waals surface area contributed by atoms with Crippen molar-refractivity contribution in [1.82, 2.24) is 28.6 Å². The zero-order valence-corrected chi connectivity index (χ0v) is 27.0. The number of likely N-dealkylation sites (tertiary alicyclic amines) is 1. The molecular weight excluding hydrogens is 604 g/mol. The maximum Gasteiger partial charge on any atom is 0.276 e. The molecule has 0 saturated carbocycles. The van der Waals surface area contributed by atoms with Crippen LogP contribution in [0, 0.1) is 0 Å². The number of nitrogens with zero attached hydrogens (tertiary/aromatic N) is 7. The second-order valence-electron chi connectivity index (χ2n) is 11.6. The number of hydrogen-bond acceptors (Lipinski definition) is 10. The van der Waals surface area contributed by atoms with Crippen LogP contribution in [0.2, 0.25) is 0 Å². The smallest absolute Gasteiger partial charge is 0.276 e. The number of methoxy groups -OCH3 is 1. The predicted octanol–water partition coefficient (Wildman–Crippen LogP) is 4.18. The van der Waals surface area contributed by atoms with Crippen molar-refractivity contribution in [3.63, 3.8) is 0 Å². The number of pyridine rings is 1. The maximum atomic E-state index is 14.2. The molecule has 0 atom stereocenters. The molecule has 0 radical (unpaired) electrons. The Morgan fingerprint density at radius 1 is 1.04 bits per heavy atom. The van der Waals surface area contributed by atoms with E-state index in [4.69, 9.17) is 9.72 Å². The summed E-state index contributed by atoms with van der Waals surface area (Å²) < 4.78 is 33.5. The molecule has 2 aromatic carbocycles. The molecule has 1 aliphatic rings. The van der Waals surface area contributed by atoms with E-state index in [0.29, 0.717) is 34.3 Å². The van der Waals surface area contributed by atoms with Crippen LogP contribution in [0.4, 0.5) is 23.0 Å². The van der Waals surface area contributed by atoms with Gasteiger partial charge in [0, 0.05) is 37.1 Å². The van der Waals surface area contributed by atoms with Gasteiger partial charge < -0.3 is 19.9 Å². The van der Waals surface area contributed by atoms with Crippen LogP contribution in [0.1, 0.15) is 30.0 Å².